The Morgan fingerprint density at radius 1 is 0.968 bits per heavy atom. The summed E-state index contributed by atoms with van der Waals surface area (Å²) < 4.78 is 5.83. The predicted octanol–water partition coefficient (Wildman–Crippen LogP) is 4.97. The Morgan fingerprint density at radius 3 is 2.48 bits per heavy atom. The van der Waals surface area contributed by atoms with E-state index in [0.29, 0.717) is 27.0 Å². The lowest BCUT2D eigenvalue weighted by Crippen LogP contribution is -2.32. The first-order chi connectivity index (χ1) is 14.9. The first-order valence-electron chi connectivity index (χ1n) is 9.30. The molecule has 0 bridgehead atoms. The Bertz CT molecular complexity index is 1130. The fraction of sp³-hybridized carbons (Fsp3) is 0.0870. The topological polar surface area (TPSA) is 79.8 Å². The van der Waals surface area contributed by atoms with E-state index in [9.17, 15) is 9.59 Å². The molecule has 0 aliphatic carbocycles. The number of hydrogen-bond acceptors (Lipinski definition) is 4. The number of rotatable bonds is 6. The summed E-state index contributed by atoms with van der Waals surface area (Å²) in [5, 5.41) is 7.33. The zero-order chi connectivity index (χ0) is 22.2. The number of ether oxygens (including phenoxy) is 1. The molecule has 0 aliphatic rings. The number of hydrogen-bond donors (Lipinski definition) is 2. The van der Waals surface area contributed by atoms with Gasteiger partial charge in [-0.05, 0) is 48.4 Å². The van der Waals surface area contributed by atoms with Crippen molar-refractivity contribution in [2.24, 2.45) is 5.10 Å². The van der Waals surface area contributed by atoms with Gasteiger partial charge in [0.1, 0.15) is 12.4 Å². The van der Waals surface area contributed by atoms with Crippen molar-refractivity contribution in [2.45, 2.75) is 13.5 Å². The molecule has 0 unspecified atom stereocenters. The van der Waals surface area contributed by atoms with Crippen molar-refractivity contribution in [1.29, 1.82) is 0 Å². The second kappa shape index (κ2) is 10.6. The largest absolute Gasteiger partial charge is 0.488 e. The Kier molecular flexibility index (Phi) is 7.65. The number of nitrogens with one attached hydrogen (secondary N) is 2. The maximum atomic E-state index is 12.0. The van der Waals surface area contributed by atoms with Gasteiger partial charge in [0, 0.05) is 11.3 Å². The van der Waals surface area contributed by atoms with Crippen molar-refractivity contribution in [3.8, 4) is 5.75 Å². The number of amides is 2. The number of nitrogens with zero attached hydrogens (tertiary/aromatic N) is 1. The summed E-state index contributed by atoms with van der Waals surface area (Å²) in [5.74, 6) is -1.14. The molecule has 31 heavy (non-hydrogen) atoms. The van der Waals surface area contributed by atoms with Crippen molar-refractivity contribution in [3.63, 3.8) is 0 Å². The van der Waals surface area contributed by atoms with Crippen molar-refractivity contribution >= 4 is 46.9 Å². The van der Waals surface area contributed by atoms with Gasteiger partial charge in [-0.25, -0.2) is 5.43 Å². The highest BCUT2D eigenvalue weighted by atomic mass is 35.5. The average molecular weight is 456 g/mol. The highest BCUT2D eigenvalue weighted by Gasteiger charge is 2.13. The van der Waals surface area contributed by atoms with E-state index in [0.717, 1.165) is 11.1 Å². The lowest BCUT2D eigenvalue weighted by atomic mass is 10.2. The van der Waals surface area contributed by atoms with Crippen LogP contribution in [-0.2, 0) is 16.2 Å². The molecular weight excluding hydrogens is 437 g/mol. The van der Waals surface area contributed by atoms with Crippen molar-refractivity contribution in [3.05, 3.63) is 93.5 Å². The molecule has 0 atom stereocenters. The van der Waals surface area contributed by atoms with Gasteiger partial charge in [-0.1, -0.05) is 59.6 Å². The maximum Gasteiger partial charge on any atom is 0.329 e. The number of aryl methyl sites for hydroxylation is 1. The molecule has 3 rings (SSSR count). The Morgan fingerprint density at radius 2 is 1.71 bits per heavy atom. The molecule has 2 N–H and O–H groups in total. The standard InChI is InChI=1S/C23H19Cl2N3O3/c1-15-6-2-4-8-20(15)27-22(29)23(30)28-26-13-17-7-3-5-9-21(17)31-14-16-10-11-18(24)19(25)12-16/h2-13H,14H2,1H3,(H,27,29)(H,28,30)/b26-13-. The van der Waals surface area contributed by atoms with Gasteiger partial charge in [0.15, 0.2) is 0 Å². The molecule has 0 saturated heterocycles. The summed E-state index contributed by atoms with van der Waals surface area (Å²) in [4.78, 5) is 24.1. The van der Waals surface area contributed by atoms with Gasteiger partial charge in [-0.3, -0.25) is 9.59 Å². The second-order valence-electron chi connectivity index (χ2n) is 6.54. The number of hydrazone groups is 1. The van der Waals surface area contributed by atoms with Gasteiger partial charge in [-0.2, -0.15) is 5.10 Å². The van der Waals surface area contributed by atoms with Gasteiger partial charge in [0.05, 0.1) is 16.3 Å². The van der Waals surface area contributed by atoms with Gasteiger partial charge in [0.2, 0.25) is 0 Å². The average Bonchev–Trinajstić information content (AvgIpc) is 2.76. The number of anilines is 1. The number of carbonyl (C=O) groups is 2. The van der Waals surface area contributed by atoms with E-state index in [1.807, 2.05) is 31.2 Å². The molecule has 0 saturated carbocycles. The fourth-order valence-electron chi connectivity index (χ4n) is 2.61. The normalized spacial score (nSPS) is 10.7. The Labute approximate surface area is 189 Å². The fourth-order valence-corrected chi connectivity index (χ4v) is 2.93. The molecule has 0 fully saturated rings. The second-order valence-corrected chi connectivity index (χ2v) is 7.36. The van der Waals surface area contributed by atoms with E-state index in [1.54, 1.807) is 42.5 Å². The van der Waals surface area contributed by atoms with Gasteiger partial charge in [-0.15, -0.1) is 0 Å². The number of carbonyl (C=O) groups excluding carboxylic acids is 2. The van der Waals surface area contributed by atoms with Crippen LogP contribution in [-0.4, -0.2) is 18.0 Å². The van der Waals surface area contributed by atoms with Crippen LogP contribution < -0.4 is 15.5 Å². The summed E-state index contributed by atoms with van der Waals surface area (Å²) in [6.07, 6.45) is 1.41. The SMILES string of the molecule is Cc1ccccc1NC(=O)C(=O)N/N=C\c1ccccc1OCc1ccc(Cl)c(Cl)c1. The lowest BCUT2D eigenvalue weighted by Gasteiger charge is -2.10. The molecular formula is C23H19Cl2N3O3. The third-order valence-electron chi connectivity index (χ3n) is 4.27. The molecule has 0 radical (unpaired) electrons. The van der Waals surface area contributed by atoms with Crippen LogP contribution in [0.15, 0.2) is 71.8 Å². The Hall–Kier alpha value is -3.35. The van der Waals surface area contributed by atoms with Crippen molar-refractivity contribution in [1.82, 2.24) is 5.43 Å². The van der Waals surface area contributed by atoms with Crippen LogP contribution in [0.25, 0.3) is 0 Å². The molecule has 3 aromatic carbocycles. The van der Waals surface area contributed by atoms with E-state index in [1.165, 1.54) is 6.21 Å². The number of halogens is 2. The summed E-state index contributed by atoms with van der Waals surface area (Å²) in [5.41, 5.74) is 5.10. The molecule has 6 nitrogen and oxygen atoms in total. The van der Waals surface area contributed by atoms with Crippen LogP contribution in [0.3, 0.4) is 0 Å². The molecule has 0 heterocycles. The monoisotopic (exact) mass is 455 g/mol. The summed E-state index contributed by atoms with van der Waals surface area (Å²) in [6.45, 7) is 2.10. The molecule has 8 heteroatoms. The maximum absolute atomic E-state index is 12.0. The zero-order valence-corrected chi connectivity index (χ0v) is 18.1. The summed E-state index contributed by atoms with van der Waals surface area (Å²) in [7, 11) is 0. The van der Waals surface area contributed by atoms with Crippen LogP contribution in [0.1, 0.15) is 16.7 Å². The van der Waals surface area contributed by atoms with Gasteiger partial charge in [0.25, 0.3) is 0 Å². The minimum absolute atomic E-state index is 0.271. The summed E-state index contributed by atoms with van der Waals surface area (Å²) in [6, 6.07) is 19.6. The van der Waals surface area contributed by atoms with E-state index in [-0.39, 0.29) is 6.61 Å². The molecule has 0 aromatic heterocycles. The van der Waals surface area contributed by atoms with Gasteiger partial charge >= 0.3 is 11.8 Å². The third-order valence-corrected chi connectivity index (χ3v) is 5.01. The van der Waals surface area contributed by atoms with Gasteiger partial charge < -0.3 is 10.1 Å². The molecule has 2 amide bonds. The van der Waals surface area contributed by atoms with E-state index in [4.69, 9.17) is 27.9 Å². The van der Waals surface area contributed by atoms with Crippen molar-refractivity contribution in [2.75, 3.05) is 5.32 Å². The van der Waals surface area contributed by atoms with Crippen LogP contribution in [0, 0.1) is 6.92 Å². The van der Waals surface area contributed by atoms with Crippen molar-refractivity contribution < 1.29 is 14.3 Å². The minimum Gasteiger partial charge on any atom is -0.488 e. The number of benzene rings is 3. The van der Waals surface area contributed by atoms with Crippen LogP contribution in [0.5, 0.6) is 5.75 Å². The molecule has 3 aromatic rings. The van der Waals surface area contributed by atoms with Crippen LogP contribution in [0.2, 0.25) is 10.0 Å². The van der Waals surface area contributed by atoms with E-state index < -0.39 is 11.8 Å². The lowest BCUT2D eigenvalue weighted by molar-refractivity contribution is -0.136. The molecule has 0 aliphatic heterocycles. The quantitative estimate of drug-likeness (QED) is 0.312. The van der Waals surface area contributed by atoms with E-state index >= 15 is 0 Å². The summed E-state index contributed by atoms with van der Waals surface area (Å²) >= 11 is 12.0. The number of para-hydroxylation sites is 2. The smallest absolute Gasteiger partial charge is 0.329 e. The molecule has 0 spiro atoms. The Balaban J connectivity index is 1.59. The zero-order valence-electron chi connectivity index (χ0n) is 16.6. The van der Waals surface area contributed by atoms with Crippen LogP contribution in [0.4, 0.5) is 5.69 Å². The van der Waals surface area contributed by atoms with E-state index in [2.05, 4.69) is 15.8 Å². The predicted molar refractivity (Wildman–Crippen MR) is 123 cm³/mol. The minimum atomic E-state index is -0.881. The highest BCUT2D eigenvalue weighted by Crippen LogP contribution is 2.24. The molecule has 158 valence electrons. The first kappa shape index (κ1) is 22.3. The third kappa shape index (κ3) is 6.31. The highest BCUT2D eigenvalue weighted by molar-refractivity contribution is 6.42. The van der Waals surface area contributed by atoms with Crippen LogP contribution >= 0.6 is 23.2 Å². The first-order valence-corrected chi connectivity index (χ1v) is 10.1.